The summed E-state index contributed by atoms with van der Waals surface area (Å²) in [4.78, 5) is 0. The lowest BCUT2D eigenvalue weighted by molar-refractivity contribution is -0.288. The third-order valence-corrected chi connectivity index (χ3v) is 6.83. The number of nitrogens with zero attached hydrogens (tertiary/aromatic N) is 3. The molecule has 6 nitrogen and oxygen atoms in total. The number of aryl methyl sites for hydroxylation is 3. The van der Waals surface area contributed by atoms with E-state index >= 15 is 0 Å². The summed E-state index contributed by atoms with van der Waals surface area (Å²) in [6, 6.07) is 19.5. The van der Waals surface area contributed by atoms with Gasteiger partial charge in [-0.05, 0) is 31.9 Å². The zero-order valence-corrected chi connectivity index (χ0v) is 17.9. The van der Waals surface area contributed by atoms with Crippen molar-refractivity contribution < 1.29 is 9.47 Å². The van der Waals surface area contributed by atoms with E-state index in [0.717, 1.165) is 16.7 Å². The van der Waals surface area contributed by atoms with Crippen LogP contribution in [0, 0.1) is 76.9 Å². The highest BCUT2D eigenvalue weighted by atomic mass is 16.7. The van der Waals surface area contributed by atoms with Crippen LogP contribution in [0.15, 0.2) is 42.5 Å². The van der Waals surface area contributed by atoms with E-state index in [0.29, 0.717) is 11.1 Å². The molecule has 2 saturated heterocycles. The summed E-state index contributed by atoms with van der Waals surface area (Å²) in [7, 11) is 0. The Morgan fingerprint density at radius 1 is 0.903 bits per heavy atom. The Morgan fingerprint density at radius 2 is 1.52 bits per heavy atom. The van der Waals surface area contributed by atoms with Crippen molar-refractivity contribution in [2.24, 2.45) is 16.7 Å². The molecule has 4 atom stereocenters. The second-order valence-corrected chi connectivity index (χ2v) is 8.50. The van der Waals surface area contributed by atoms with Crippen LogP contribution < -0.4 is 0 Å². The van der Waals surface area contributed by atoms with Gasteiger partial charge in [0.15, 0.2) is 5.41 Å². The van der Waals surface area contributed by atoms with Crippen molar-refractivity contribution in [3.8, 4) is 18.2 Å². The lowest BCUT2D eigenvalue weighted by Gasteiger charge is -2.49. The van der Waals surface area contributed by atoms with Crippen LogP contribution in [-0.4, -0.2) is 5.90 Å². The van der Waals surface area contributed by atoms with E-state index in [1.165, 1.54) is 0 Å². The highest BCUT2D eigenvalue weighted by Crippen LogP contribution is 2.69. The number of nitrogens with one attached hydrogen (secondary N) is 1. The number of ether oxygens (including phenoxy) is 2. The molecule has 2 aromatic rings. The predicted molar refractivity (Wildman–Crippen MR) is 112 cm³/mol. The van der Waals surface area contributed by atoms with Crippen LogP contribution in [0.4, 0.5) is 0 Å². The Kier molecular flexibility index (Phi) is 4.44. The fourth-order valence-electron chi connectivity index (χ4n) is 5.05. The Morgan fingerprint density at radius 3 is 2.06 bits per heavy atom. The average molecular weight is 410 g/mol. The van der Waals surface area contributed by atoms with Gasteiger partial charge in [-0.1, -0.05) is 60.5 Å². The Balaban J connectivity index is 2.06. The highest BCUT2D eigenvalue weighted by Gasteiger charge is 2.79. The number of hydrogen-bond donors (Lipinski definition) is 1. The molecule has 31 heavy (non-hydrogen) atoms. The van der Waals surface area contributed by atoms with Crippen LogP contribution in [0.25, 0.3) is 0 Å². The van der Waals surface area contributed by atoms with Gasteiger partial charge in [0, 0.05) is 5.56 Å². The summed E-state index contributed by atoms with van der Waals surface area (Å²) in [5, 5.41) is 39.6. The first kappa shape index (κ1) is 20.6. The molecule has 4 rings (SSSR count). The molecule has 0 aromatic heterocycles. The second-order valence-electron chi connectivity index (χ2n) is 8.50. The zero-order valence-electron chi connectivity index (χ0n) is 17.9. The first-order chi connectivity index (χ1) is 14.7. The molecule has 0 saturated carbocycles. The van der Waals surface area contributed by atoms with E-state index in [1.807, 2.05) is 63.2 Å². The van der Waals surface area contributed by atoms with Gasteiger partial charge in [0.05, 0.1) is 24.1 Å². The summed E-state index contributed by atoms with van der Waals surface area (Å²) in [6.45, 7) is 7.51. The maximum atomic E-state index is 10.4. The van der Waals surface area contributed by atoms with E-state index in [9.17, 15) is 15.8 Å². The van der Waals surface area contributed by atoms with E-state index in [1.54, 1.807) is 6.92 Å². The van der Waals surface area contributed by atoms with Gasteiger partial charge in [0.1, 0.15) is 6.10 Å². The lowest BCUT2D eigenvalue weighted by atomic mass is 9.53. The topological polar surface area (TPSA) is 114 Å². The van der Waals surface area contributed by atoms with Crippen molar-refractivity contribution in [1.82, 2.24) is 0 Å². The number of nitriles is 3. The molecule has 2 aromatic carbocycles. The molecule has 0 amide bonds. The second kappa shape index (κ2) is 6.67. The summed E-state index contributed by atoms with van der Waals surface area (Å²) in [6.07, 6.45) is -1.08. The van der Waals surface area contributed by atoms with Crippen LogP contribution in [0.5, 0.6) is 0 Å². The summed E-state index contributed by atoms with van der Waals surface area (Å²) >= 11 is 0. The van der Waals surface area contributed by atoms with E-state index < -0.39 is 34.5 Å². The Bertz CT molecular complexity index is 1200. The first-order valence-corrected chi connectivity index (χ1v) is 10.1. The van der Waals surface area contributed by atoms with Crippen molar-refractivity contribution in [2.45, 2.75) is 39.6 Å². The van der Waals surface area contributed by atoms with E-state index in [4.69, 9.17) is 14.9 Å². The van der Waals surface area contributed by atoms with Gasteiger partial charge in [0.25, 0.3) is 0 Å². The molecular weight excluding hydrogens is 388 g/mol. The van der Waals surface area contributed by atoms with Crippen molar-refractivity contribution in [2.75, 3.05) is 0 Å². The SMILES string of the molecule is Cc1ccc(C23OC(=N)C(C#N)(C2C)C(C#N)(C#N)C(c2ccc(C)cc2C)O3)cc1. The summed E-state index contributed by atoms with van der Waals surface area (Å²) < 4.78 is 12.6. The molecule has 2 heterocycles. The molecule has 4 unspecified atom stereocenters. The number of fused-ring (bicyclic) bond motifs is 2. The van der Waals surface area contributed by atoms with E-state index in [2.05, 4.69) is 18.2 Å². The van der Waals surface area contributed by atoms with Gasteiger partial charge in [0.2, 0.25) is 17.1 Å². The largest absolute Gasteiger partial charge is 0.443 e. The van der Waals surface area contributed by atoms with Gasteiger partial charge in [-0.25, -0.2) is 0 Å². The molecule has 1 N–H and O–H groups in total. The van der Waals surface area contributed by atoms with Gasteiger partial charge in [-0.3, -0.25) is 5.41 Å². The number of hydrogen-bond acceptors (Lipinski definition) is 6. The molecule has 0 aliphatic carbocycles. The van der Waals surface area contributed by atoms with E-state index in [-0.39, 0.29) is 0 Å². The fraction of sp³-hybridized carbons (Fsp3) is 0.360. The predicted octanol–water partition coefficient (Wildman–Crippen LogP) is 4.72. The summed E-state index contributed by atoms with van der Waals surface area (Å²) in [5.74, 6) is -2.63. The number of rotatable bonds is 2. The van der Waals surface area contributed by atoms with Gasteiger partial charge in [-0.15, -0.1) is 0 Å². The Hall–Kier alpha value is -3.66. The third kappa shape index (κ3) is 2.36. The molecule has 2 fully saturated rings. The molecule has 6 heteroatoms. The first-order valence-electron chi connectivity index (χ1n) is 10.1. The van der Waals surface area contributed by atoms with Crippen LogP contribution in [-0.2, 0) is 15.3 Å². The molecule has 2 aliphatic heterocycles. The minimum Gasteiger partial charge on any atom is -0.443 e. The monoisotopic (exact) mass is 410 g/mol. The maximum Gasteiger partial charge on any atom is 0.244 e. The smallest absolute Gasteiger partial charge is 0.244 e. The van der Waals surface area contributed by atoms with Crippen LogP contribution >= 0.6 is 0 Å². The summed E-state index contributed by atoms with van der Waals surface area (Å²) in [5.41, 5.74) is 0.442. The Labute approximate surface area is 181 Å². The minimum absolute atomic E-state index is 0.404. The van der Waals surface area contributed by atoms with Crippen molar-refractivity contribution >= 4 is 5.90 Å². The van der Waals surface area contributed by atoms with Gasteiger partial charge < -0.3 is 9.47 Å². The fourth-order valence-corrected chi connectivity index (χ4v) is 5.05. The van der Waals surface area contributed by atoms with Crippen molar-refractivity contribution in [3.05, 3.63) is 70.3 Å². The van der Waals surface area contributed by atoms with Crippen molar-refractivity contribution in [1.29, 1.82) is 21.2 Å². The van der Waals surface area contributed by atoms with Gasteiger partial charge in [-0.2, -0.15) is 15.8 Å². The molecule has 2 bridgehead atoms. The molecule has 0 spiro atoms. The standard InChI is InChI=1S/C25H22N4O2/c1-15-5-8-19(9-6-15)25-18(4)24(14-28,22(29)31-25)23(12-26,13-27)21(30-25)20-10-7-16(2)11-17(20)3/h5-11,18,21,29H,1-4H3. The average Bonchev–Trinajstić information content (AvgIpc) is 2.91. The van der Waals surface area contributed by atoms with Crippen LogP contribution in [0.3, 0.4) is 0 Å². The molecule has 2 aliphatic rings. The lowest BCUT2D eigenvalue weighted by Crippen LogP contribution is -2.57. The molecular formula is C25H22N4O2. The molecule has 0 radical (unpaired) electrons. The minimum atomic E-state index is -1.96. The zero-order chi connectivity index (χ0) is 22.6. The van der Waals surface area contributed by atoms with Crippen LogP contribution in [0.1, 0.15) is 40.8 Å². The van der Waals surface area contributed by atoms with Crippen molar-refractivity contribution in [3.63, 3.8) is 0 Å². The third-order valence-electron chi connectivity index (χ3n) is 6.83. The van der Waals surface area contributed by atoms with Gasteiger partial charge >= 0.3 is 0 Å². The molecule has 154 valence electrons. The highest BCUT2D eigenvalue weighted by molar-refractivity contribution is 5.89. The quantitative estimate of drug-likeness (QED) is 0.769. The van der Waals surface area contributed by atoms with Crippen LogP contribution in [0.2, 0.25) is 0 Å². The normalized spacial score (nSPS) is 30.5. The number of benzene rings is 2. The maximum absolute atomic E-state index is 10.4.